The number of imide groups is 1. The first kappa shape index (κ1) is 62.5. The predicted octanol–water partition coefficient (Wildman–Crippen LogP) is 11.2. The van der Waals surface area contributed by atoms with Crippen LogP contribution in [0.1, 0.15) is 100 Å². The molecule has 1 saturated heterocycles. The molecule has 0 saturated carbocycles. The SMILES string of the molecule is Cc1cc(SOOO)cc2c3c(ccc12)N(CCCS(=O)(=O)O)/C(=C/C=C(/C=C/C1=[N+](CCCSOOO)c2ccc4c(SOOO)cc(S(=O)(=O)O)cc4c2C1(C)C)c1cccc(CCCCC(=O)ON2C(=O)CCC2=O)c1)C3(C)C. The van der Waals surface area contributed by atoms with Crippen molar-refractivity contribution in [3.63, 3.8) is 0 Å². The lowest BCUT2D eigenvalue weighted by atomic mass is 9.78. The van der Waals surface area contributed by atoms with Crippen molar-refractivity contribution in [2.45, 2.75) is 112 Å². The van der Waals surface area contributed by atoms with E-state index < -0.39 is 59.5 Å². The van der Waals surface area contributed by atoms with Crippen molar-refractivity contribution in [1.29, 1.82) is 0 Å². The Balaban J connectivity index is 1.26. The van der Waals surface area contributed by atoms with E-state index >= 15 is 0 Å². The normalized spacial score (nSPS) is 16.7. The van der Waals surface area contributed by atoms with Crippen LogP contribution < -0.4 is 4.90 Å². The van der Waals surface area contributed by atoms with Gasteiger partial charge in [-0.2, -0.15) is 21.4 Å². The van der Waals surface area contributed by atoms with Gasteiger partial charge in [-0.05, 0) is 144 Å². The zero-order valence-corrected chi connectivity index (χ0v) is 49.1. The molecule has 0 unspecified atom stereocenters. The highest BCUT2D eigenvalue weighted by Gasteiger charge is 2.46. The number of unbranched alkanes of at least 4 members (excludes halogenated alkanes) is 1. The lowest BCUT2D eigenvalue weighted by Crippen LogP contribution is -2.31. The number of carbonyl (C=O) groups excluding carboxylic acids is 3. The summed E-state index contributed by atoms with van der Waals surface area (Å²) in [6.45, 7) is 10.6. The van der Waals surface area contributed by atoms with Crippen LogP contribution in [-0.2, 0) is 84.8 Å². The van der Waals surface area contributed by atoms with Gasteiger partial charge in [-0.1, -0.05) is 65.4 Å². The number of hydrogen-bond acceptors (Lipinski definition) is 21. The molecule has 3 aliphatic rings. The summed E-state index contributed by atoms with van der Waals surface area (Å²) in [7, 11) is -9.09. The number of rotatable bonds is 27. The molecule has 3 heterocycles. The molecular formula is C55H60N3O19S5+. The lowest BCUT2D eigenvalue weighted by Gasteiger charge is -2.27. The molecule has 0 bridgehead atoms. The van der Waals surface area contributed by atoms with Crippen molar-refractivity contribution < 1.29 is 93.6 Å². The fourth-order valence-electron chi connectivity index (χ4n) is 11.0. The Morgan fingerprint density at radius 1 is 0.768 bits per heavy atom. The van der Waals surface area contributed by atoms with E-state index in [-0.39, 0.29) is 37.1 Å². The number of nitrogens with zero attached hydrogens (tertiary/aromatic N) is 3. The van der Waals surface area contributed by atoms with E-state index in [1.807, 2.05) is 105 Å². The molecule has 438 valence electrons. The molecule has 82 heavy (non-hydrogen) atoms. The lowest BCUT2D eigenvalue weighted by molar-refractivity contribution is -0.438. The van der Waals surface area contributed by atoms with Crippen molar-refractivity contribution in [1.82, 2.24) is 5.06 Å². The molecule has 27 heteroatoms. The third-order valence-corrected chi connectivity index (χ3v) is 18.0. The van der Waals surface area contributed by atoms with Crippen LogP contribution in [0.25, 0.3) is 27.1 Å². The number of hydroxylamine groups is 2. The number of hydrogen-bond donors (Lipinski definition) is 5. The number of allylic oxidation sites excluding steroid dienone is 6. The van der Waals surface area contributed by atoms with Gasteiger partial charge in [-0.3, -0.25) is 18.7 Å². The van der Waals surface area contributed by atoms with Gasteiger partial charge in [-0.25, -0.2) is 20.6 Å². The Morgan fingerprint density at radius 2 is 1.48 bits per heavy atom. The zero-order chi connectivity index (χ0) is 59.1. The van der Waals surface area contributed by atoms with Gasteiger partial charge in [-0.15, -0.1) is 18.1 Å². The molecular weight excluding hydrogens is 1170 g/mol. The molecule has 2 amide bonds. The second-order valence-corrected chi connectivity index (χ2v) is 25.8. The second-order valence-electron chi connectivity index (χ2n) is 20.6. The fourth-order valence-corrected chi connectivity index (χ4v) is 13.5. The third kappa shape index (κ3) is 14.1. The summed E-state index contributed by atoms with van der Waals surface area (Å²) in [6, 6.07) is 21.9. The van der Waals surface area contributed by atoms with Crippen LogP contribution in [0.5, 0.6) is 0 Å². The van der Waals surface area contributed by atoms with Crippen LogP contribution in [0.3, 0.4) is 0 Å². The van der Waals surface area contributed by atoms with Gasteiger partial charge in [0.25, 0.3) is 32.1 Å². The summed E-state index contributed by atoms with van der Waals surface area (Å²) in [5, 5.41) is 41.9. The summed E-state index contributed by atoms with van der Waals surface area (Å²) in [4.78, 5) is 44.3. The van der Waals surface area contributed by atoms with Gasteiger partial charge < -0.3 is 9.74 Å². The number of carbonyl (C=O) groups is 3. The van der Waals surface area contributed by atoms with Crippen molar-refractivity contribution >= 4 is 118 Å². The van der Waals surface area contributed by atoms with E-state index in [1.165, 1.54) is 12.1 Å². The molecule has 5 aromatic carbocycles. The Labute approximate surface area is 485 Å². The molecule has 8 rings (SSSR count). The minimum Gasteiger partial charge on any atom is -0.344 e. The van der Waals surface area contributed by atoms with Crippen LogP contribution >= 0.6 is 36.1 Å². The standard InChI is InChI=1S/C55H59N3O19S5/c1-34-29-38(79-76-73-63)31-42-40(34)17-19-44-52(42)54(2,3)48(57(44)26-10-28-81(65,66)67)22-16-36(37-13-8-12-35(30-37)11-6-7-14-51(61)71-58-49(59)23-24-50(58)60)15-21-47-55(4,5)53-43-32-39(82(68,69)70)33-46(80-77-74-64)41(43)18-20-45(53)56(47)25-9-27-78-75-72-62/h8,12-13,15-22,29-33H,6-7,9-11,14,23-28H2,1-5H3,(H4-,62,63,64,65,66,67,68,69,70)/p+1. The maximum atomic E-state index is 12.8. The number of anilines is 1. The summed E-state index contributed by atoms with van der Waals surface area (Å²) >= 11 is 2.27. The molecule has 3 aliphatic heterocycles. The molecule has 0 aromatic heterocycles. The second kappa shape index (κ2) is 26.6. The fraction of sp³-hybridized carbons (Fsp3) is 0.345. The monoisotopic (exact) mass is 1230 g/mol. The van der Waals surface area contributed by atoms with Gasteiger partial charge in [0.2, 0.25) is 5.69 Å². The maximum absolute atomic E-state index is 12.8. The van der Waals surface area contributed by atoms with E-state index in [0.717, 1.165) is 74.2 Å². The average molecular weight is 1230 g/mol. The molecule has 5 N–H and O–H groups in total. The largest absolute Gasteiger partial charge is 0.344 e. The van der Waals surface area contributed by atoms with Crippen LogP contribution in [0.2, 0.25) is 0 Å². The minimum absolute atomic E-state index is 0.0141. The highest BCUT2D eigenvalue weighted by atomic mass is 32.2. The average Bonchev–Trinajstić information content (AvgIpc) is 3.04. The van der Waals surface area contributed by atoms with Crippen molar-refractivity contribution in [2.24, 2.45) is 0 Å². The molecule has 0 atom stereocenters. The Morgan fingerprint density at radius 3 is 2.18 bits per heavy atom. The van der Waals surface area contributed by atoms with E-state index in [9.17, 15) is 40.3 Å². The molecule has 22 nitrogen and oxygen atoms in total. The molecule has 1 fully saturated rings. The first-order valence-corrected chi connectivity index (χ1v) is 31.1. The maximum Gasteiger partial charge on any atom is 0.333 e. The summed E-state index contributed by atoms with van der Waals surface area (Å²) < 4.78 is 86.4. The Kier molecular flexibility index (Phi) is 20.2. The Bertz CT molecular complexity index is 3640. The van der Waals surface area contributed by atoms with Crippen LogP contribution in [-0.4, -0.2) is 99.4 Å². The van der Waals surface area contributed by atoms with Crippen molar-refractivity contribution in [3.8, 4) is 0 Å². The van der Waals surface area contributed by atoms with E-state index in [1.54, 1.807) is 6.07 Å². The first-order chi connectivity index (χ1) is 39.0. The summed E-state index contributed by atoms with van der Waals surface area (Å²) in [5.74, 6) is -1.91. The van der Waals surface area contributed by atoms with Gasteiger partial charge in [0, 0.05) is 94.3 Å². The number of fused-ring (bicyclic) bond motifs is 6. The highest BCUT2D eigenvalue weighted by Crippen LogP contribution is 2.52. The number of amides is 2. The van der Waals surface area contributed by atoms with Crippen LogP contribution in [0.4, 0.5) is 11.4 Å². The topological polar surface area (TPSA) is 295 Å². The molecule has 0 radical (unpaired) electrons. The zero-order valence-electron chi connectivity index (χ0n) is 45.1. The van der Waals surface area contributed by atoms with Crippen molar-refractivity contribution in [3.05, 3.63) is 131 Å². The molecule has 0 spiro atoms. The Hall–Kier alpha value is -5.57. The third-order valence-electron chi connectivity index (χ3n) is 14.5. The van der Waals surface area contributed by atoms with Crippen LogP contribution in [0.15, 0.2) is 117 Å². The van der Waals surface area contributed by atoms with Crippen LogP contribution in [0, 0.1) is 6.92 Å². The van der Waals surface area contributed by atoms with Gasteiger partial charge in [0.05, 0.1) is 40.1 Å². The highest BCUT2D eigenvalue weighted by molar-refractivity contribution is 7.95. The summed E-state index contributed by atoms with van der Waals surface area (Å²) in [5.41, 5.74) is 6.41. The van der Waals surface area contributed by atoms with Gasteiger partial charge in [0.15, 0.2) is 5.71 Å². The quantitative estimate of drug-likeness (QED) is 0.00477. The number of aryl methyl sites for hydroxylation is 2. The van der Waals surface area contributed by atoms with E-state index in [0.29, 0.717) is 87.6 Å². The van der Waals surface area contributed by atoms with E-state index in [4.69, 9.17) is 29.3 Å². The minimum atomic E-state index is -4.77. The van der Waals surface area contributed by atoms with Crippen molar-refractivity contribution in [2.75, 3.05) is 29.5 Å². The molecule has 5 aromatic rings. The number of benzene rings is 5. The predicted molar refractivity (Wildman–Crippen MR) is 306 cm³/mol. The smallest absolute Gasteiger partial charge is 0.333 e. The first-order valence-electron chi connectivity index (χ1n) is 25.7. The van der Waals surface area contributed by atoms with Gasteiger partial charge >= 0.3 is 5.97 Å². The van der Waals surface area contributed by atoms with Gasteiger partial charge in [0.1, 0.15) is 6.54 Å². The molecule has 0 aliphatic carbocycles. The summed E-state index contributed by atoms with van der Waals surface area (Å²) in [6.07, 6.45) is 9.90. The van der Waals surface area contributed by atoms with E-state index in [2.05, 4.69) is 37.9 Å².